The molecule has 1 fully saturated rings. The molecule has 0 unspecified atom stereocenters. The highest BCUT2D eigenvalue weighted by Gasteiger charge is 2.33. The van der Waals surface area contributed by atoms with Crippen molar-refractivity contribution in [3.8, 4) is 23.2 Å². The van der Waals surface area contributed by atoms with Gasteiger partial charge in [0.2, 0.25) is 5.88 Å². The van der Waals surface area contributed by atoms with Gasteiger partial charge in [-0.2, -0.15) is 5.26 Å². The first-order valence-corrected chi connectivity index (χ1v) is 14.2. The van der Waals surface area contributed by atoms with Gasteiger partial charge in [0, 0.05) is 36.8 Å². The number of hydrogen-bond acceptors (Lipinski definition) is 7. The number of aromatic nitrogens is 3. The Morgan fingerprint density at radius 1 is 0.956 bits per heavy atom. The number of nitrogens with zero attached hydrogens (tertiary/aromatic N) is 4. The number of nitriles is 1. The van der Waals surface area contributed by atoms with E-state index in [1.54, 1.807) is 31.4 Å². The van der Waals surface area contributed by atoms with Gasteiger partial charge in [0.25, 0.3) is 0 Å². The molecule has 0 aliphatic heterocycles. The summed E-state index contributed by atoms with van der Waals surface area (Å²) in [7, 11) is 2.96. The Kier molecular flexibility index (Phi) is 8.24. The van der Waals surface area contributed by atoms with Crippen LogP contribution in [0.25, 0.3) is 22.3 Å². The molecule has 45 heavy (non-hydrogen) atoms. The first-order chi connectivity index (χ1) is 21.8. The van der Waals surface area contributed by atoms with Gasteiger partial charge in [-0.05, 0) is 66.9 Å². The molecule has 5 aromatic rings. The lowest BCUT2D eigenvalue weighted by Crippen LogP contribution is -2.33. The summed E-state index contributed by atoms with van der Waals surface area (Å²) in [5.41, 5.74) is 2.27. The number of carbonyl (C=O) groups is 1. The number of rotatable bonds is 9. The monoisotopic (exact) mass is 612 g/mol. The molecule has 0 atom stereocenters. The molecule has 1 aliphatic rings. The Labute approximate surface area is 256 Å². The maximum atomic E-state index is 15.6. The van der Waals surface area contributed by atoms with Crippen LogP contribution in [0.3, 0.4) is 0 Å². The number of ether oxygens (including phenoxy) is 3. The van der Waals surface area contributed by atoms with Crippen molar-refractivity contribution in [3.63, 3.8) is 0 Å². The normalized spacial score (nSPS) is 15.8. The molecule has 0 bridgehead atoms. The van der Waals surface area contributed by atoms with E-state index >= 15 is 8.78 Å². The smallest absolute Gasteiger partial charge is 0.337 e. The second-order valence-electron chi connectivity index (χ2n) is 10.7. The largest absolute Gasteiger partial charge is 0.473 e. The summed E-state index contributed by atoms with van der Waals surface area (Å²) in [6.07, 6.45) is 1.52. The molecule has 3 aromatic carbocycles. The van der Waals surface area contributed by atoms with Crippen molar-refractivity contribution >= 4 is 17.0 Å². The van der Waals surface area contributed by atoms with Crippen molar-refractivity contribution in [2.24, 2.45) is 0 Å². The second-order valence-corrected chi connectivity index (χ2v) is 10.7. The average molecular weight is 613 g/mol. The van der Waals surface area contributed by atoms with Crippen LogP contribution in [0.2, 0.25) is 0 Å². The highest BCUT2D eigenvalue weighted by molar-refractivity contribution is 5.93. The predicted octanol–water partition coefficient (Wildman–Crippen LogP) is 6.69. The second kappa shape index (κ2) is 12.4. The number of methoxy groups -OCH3 is 2. The van der Waals surface area contributed by atoms with Gasteiger partial charge < -0.3 is 18.8 Å². The van der Waals surface area contributed by atoms with Crippen LogP contribution in [0.15, 0.2) is 66.7 Å². The summed E-state index contributed by atoms with van der Waals surface area (Å²) in [5, 5.41) is 8.92. The molecule has 11 heteroatoms. The molecule has 1 aliphatic carbocycles. The number of benzene rings is 3. The van der Waals surface area contributed by atoms with Crippen molar-refractivity contribution in [1.82, 2.24) is 14.5 Å². The lowest BCUT2D eigenvalue weighted by atomic mass is 9.88. The molecule has 0 saturated heterocycles. The van der Waals surface area contributed by atoms with Crippen molar-refractivity contribution < 1.29 is 32.2 Å². The summed E-state index contributed by atoms with van der Waals surface area (Å²) in [6, 6.07) is 17.8. The Hall–Kier alpha value is -5.21. The van der Waals surface area contributed by atoms with Gasteiger partial charge in [-0.25, -0.2) is 27.9 Å². The molecular formula is C34H27F3N4O4. The number of esters is 1. The predicted molar refractivity (Wildman–Crippen MR) is 158 cm³/mol. The van der Waals surface area contributed by atoms with Gasteiger partial charge >= 0.3 is 5.97 Å². The number of fused-ring (bicyclic) bond motifs is 1. The fraction of sp³-hybridized carbons (Fsp3) is 0.235. The van der Waals surface area contributed by atoms with Crippen molar-refractivity contribution in [2.45, 2.75) is 38.0 Å². The molecule has 0 amide bonds. The number of pyridine rings is 1. The standard InChI is InChI=1S/C34H27F3N4O4/c1-43-24-14-23(15-24)41-31-12-20(34(42)44-2)8-9-30(31)39-32(41)13-22-11-28(37)25(16-27(22)36)29-4-3-5-33(40-29)45-18-21-7-6-19(17-38)10-26(21)35/h3-12,16,23-24H,13-15,18H2,1-2H3. The zero-order valence-corrected chi connectivity index (χ0v) is 24.4. The van der Waals surface area contributed by atoms with Crippen molar-refractivity contribution in [3.05, 3.63) is 112 Å². The van der Waals surface area contributed by atoms with E-state index in [9.17, 15) is 9.18 Å². The number of halogens is 3. The lowest BCUT2D eigenvalue weighted by molar-refractivity contribution is 0.00665. The molecule has 6 rings (SSSR count). The van der Waals surface area contributed by atoms with E-state index in [1.807, 2.05) is 10.6 Å². The number of imidazole rings is 1. The van der Waals surface area contributed by atoms with Crippen LogP contribution < -0.4 is 4.74 Å². The Bertz CT molecular complexity index is 1960. The minimum atomic E-state index is -0.687. The maximum Gasteiger partial charge on any atom is 0.337 e. The zero-order valence-electron chi connectivity index (χ0n) is 24.4. The van der Waals surface area contributed by atoms with E-state index in [-0.39, 0.29) is 59.0 Å². The van der Waals surface area contributed by atoms with Crippen LogP contribution in [0, 0.1) is 28.8 Å². The third-order valence-electron chi connectivity index (χ3n) is 7.99. The van der Waals surface area contributed by atoms with E-state index in [0.29, 0.717) is 22.4 Å². The molecule has 0 radical (unpaired) electrons. The molecule has 1 saturated carbocycles. The number of hydrogen-bond donors (Lipinski definition) is 0. The highest BCUT2D eigenvalue weighted by Crippen LogP contribution is 2.38. The Balaban J connectivity index is 1.27. The fourth-order valence-corrected chi connectivity index (χ4v) is 5.48. The topological polar surface area (TPSA) is 99.3 Å². The van der Waals surface area contributed by atoms with E-state index in [4.69, 9.17) is 24.5 Å². The first-order valence-electron chi connectivity index (χ1n) is 14.2. The molecule has 0 spiro atoms. The molecule has 2 aromatic heterocycles. The summed E-state index contributed by atoms with van der Waals surface area (Å²) in [5.74, 6) is -1.79. The van der Waals surface area contributed by atoms with Crippen molar-refractivity contribution in [2.75, 3.05) is 14.2 Å². The van der Waals surface area contributed by atoms with Crippen LogP contribution in [0.4, 0.5) is 13.2 Å². The number of carbonyl (C=O) groups excluding carboxylic acids is 1. The first kappa shape index (κ1) is 29.8. The SMILES string of the molecule is COC(=O)c1ccc2nc(Cc3cc(F)c(-c4cccc(OCc5ccc(C#N)cc5F)n4)cc3F)n(C3CC(OC)C3)c2c1. The summed E-state index contributed by atoms with van der Waals surface area (Å²) in [6.45, 7) is -0.169. The maximum absolute atomic E-state index is 15.6. The van der Waals surface area contributed by atoms with Gasteiger partial charge in [0.1, 0.15) is 29.9 Å². The van der Waals surface area contributed by atoms with Crippen LogP contribution >= 0.6 is 0 Å². The Morgan fingerprint density at radius 3 is 2.49 bits per heavy atom. The van der Waals surface area contributed by atoms with Crippen molar-refractivity contribution in [1.29, 1.82) is 5.26 Å². The molecular weight excluding hydrogens is 585 g/mol. The van der Waals surface area contributed by atoms with Crippen LogP contribution in [-0.4, -0.2) is 40.8 Å². The van der Waals surface area contributed by atoms with E-state index in [1.165, 1.54) is 31.4 Å². The van der Waals surface area contributed by atoms with Gasteiger partial charge in [0.05, 0.1) is 47.1 Å². The summed E-state index contributed by atoms with van der Waals surface area (Å²) >= 11 is 0. The molecule has 2 heterocycles. The molecule has 0 N–H and O–H groups in total. The molecule has 8 nitrogen and oxygen atoms in total. The lowest BCUT2D eigenvalue weighted by Gasteiger charge is -2.36. The van der Waals surface area contributed by atoms with Gasteiger partial charge in [-0.15, -0.1) is 0 Å². The minimum Gasteiger partial charge on any atom is -0.473 e. The Morgan fingerprint density at radius 2 is 1.76 bits per heavy atom. The van der Waals surface area contributed by atoms with Crippen LogP contribution in [0.1, 0.15) is 51.8 Å². The van der Waals surface area contributed by atoms with Gasteiger partial charge in [-0.3, -0.25) is 0 Å². The average Bonchev–Trinajstić information content (AvgIpc) is 3.37. The highest BCUT2D eigenvalue weighted by atomic mass is 19.1. The fourth-order valence-electron chi connectivity index (χ4n) is 5.48. The third kappa shape index (κ3) is 5.97. The summed E-state index contributed by atoms with van der Waals surface area (Å²) in [4.78, 5) is 21.2. The van der Waals surface area contributed by atoms with Crippen LogP contribution in [-0.2, 0) is 22.5 Å². The third-order valence-corrected chi connectivity index (χ3v) is 7.99. The van der Waals surface area contributed by atoms with E-state index < -0.39 is 23.4 Å². The van der Waals surface area contributed by atoms with Crippen LogP contribution in [0.5, 0.6) is 5.88 Å². The minimum absolute atomic E-state index is 0.00611. The van der Waals surface area contributed by atoms with Gasteiger partial charge in [0.15, 0.2) is 0 Å². The van der Waals surface area contributed by atoms with Gasteiger partial charge in [-0.1, -0.05) is 12.1 Å². The van der Waals surface area contributed by atoms with E-state index in [0.717, 1.165) is 31.0 Å². The zero-order chi connectivity index (χ0) is 31.7. The van der Waals surface area contributed by atoms with E-state index in [2.05, 4.69) is 4.98 Å². The summed E-state index contributed by atoms with van der Waals surface area (Å²) < 4.78 is 63.3. The quantitative estimate of drug-likeness (QED) is 0.171. The molecule has 228 valence electrons.